The zero-order valence-corrected chi connectivity index (χ0v) is 10.7. The van der Waals surface area contributed by atoms with E-state index in [0.717, 1.165) is 12.1 Å². The van der Waals surface area contributed by atoms with Gasteiger partial charge in [-0.3, -0.25) is 4.90 Å². The molecule has 1 fully saturated rings. The van der Waals surface area contributed by atoms with Crippen LogP contribution in [0.2, 0.25) is 0 Å². The first-order valence-corrected chi connectivity index (χ1v) is 6.20. The lowest BCUT2D eigenvalue weighted by molar-refractivity contribution is -0.0403. The molecule has 0 spiro atoms. The van der Waals surface area contributed by atoms with Crippen LogP contribution in [-0.4, -0.2) is 36.7 Å². The summed E-state index contributed by atoms with van der Waals surface area (Å²) in [6.07, 6.45) is -0.0936. The highest BCUT2D eigenvalue weighted by molar-refractivity contribution is 5.19. The molecule has 19 heavy (non-hydrogen) atoms. The average molecular weight is 274 g/mol. The van der Waals surface area contributed by atoms with E-state index in [-0.39, 0.29) is 12.1 Å². The van der Waals surface area contributed by atoms with Gasteiger partial charge in [-0.1, -0.05) is 0 Å². The summed E-state index contributed by atoms with van der Waals surface area (Å²) in [5, 5.41) is 0. The third-order valence-electron chi connectivity index (χ3n) is 3.21. The first kappa shape index (κ1) is 14.3. The molecule has 1 aliphatic rings. The topological polar surface area (TPSA) is 38.5 Å². The SMILES string of the molecule is CC(N)C1CN(Cc2cc(F)c(F)c(F)c2)CCO1. The number of hydrogen-bond donors (Lipinski definition) is 1. The van der Waals surface area contributed by atoms with Crippen LogP contribution in [0.1, 0.15) is 12.5 Å². The second-order valence-electron chi connectivity index (χ2n) is 4.88. The third-order valence-corrected chi connectivity index (χ3v) is 3.21. The first-order valence-electron chi connectivity index (χ1n) is 6.20. The van der Waals surface area contributed by atoms with Crippen molar-refractivity contribution in [3.05, 3.63) is 35.1 Å². The molecule has 1 saturated heterocycles. The standard InChI is InChI=1S/C13H17F3N2O/c1-8(17)12-7-18(2-3-19-12)6-9-4-10(14)13(16)11(15)5-9/h4-5,8,12H,2-3,6-7,17H2,1H3. The predicted molar refractivity (Wildman–Crippen MR) is 65.0 cm³/mol. The molecule has 2 N–H and O–H groups in total. The molecule has 2 atom stereocenters. The molecule has 0 radical (unpaired) electrons. The second kappa shape index (κ2) is 5.90. The fourth-order valence-electron chi connectivity index (χ4n) is 2.15. The van der Waals surface area contributed by atoms with Gasteiger partial charge in [-0.2, -0.15) is 0 Å². The van der Waals surface area contributed by atoms with Gasteiger partial charge in [0.2, 0.25) is 0 Å². The lowest BCUT2D eigenvalue weighted by atomic mass is 10.1. The number of ether oxygens (including phenoxy) is 1. The summed E-state index contributed by atoms with van der Waals surface area (Å²) < 4.78 is 44.6. The zero-order valence-electron chi connectivity index (χ0n) is 10.7. The largest absolute Gasteiger partial charge is 0.374 e. The number of nitrogens with zero attached hydrogens (tertiary/aromatic N) is 1. The average Bonchev–Trinajstić information content (AvgIpc) is 2.36. The van der Waals surface area contributed by atoms with Gasteiger partial charge in [-0.05, 0) is 24.6 Å². The minimum atomic E-state index is -1.43. The highest BCUT2D eigenvalue weighted by Crippen LogP contribution is 2.17. The smallest absolute Gasteiger partial charge is 0.194 e. The fourth-order valence-corrected chi connectivity index (χ4v) is 2.15. The van der Waals surface area contributed by atoms with Gasteiger partial charge in [0.25, 0.3) is 0 Å². The Hall–Kier alpha value is -1.11. The Morgan fingerprint density at radius 2 is 2.00 bits per heavy atom. The van der Waals surface area contributed by atoms with Crippen LogP contribution < -0.4 is 5.73 Å². The normalized spacial score (nSPS) is 22.5. The number of halogens is 3. The van der Waals surface area contributed by atoms with Crippen molar-refractivity contribution in [2.45, 2.75) is 25.6 Å². The fraction of sp³-hybridized carbons (Fsp3) is 0.538. The van der Waals surface area contributed by atoms with Gasteiger partial charge in [-0.25, -0.2) is 13.2 Å². The van der Waals surface area contributed by atoms with Crippen molar-refractivity contribution in [2.75, 3.05) is 19.7 Å². The van der Waals surface area contributed by atoms with E-state index in [1.165, 1.54) is 0 Å². The van der Waals surface area contributed by atoms with Crippen LogP contribution in [0.5, 0.6) is 0 Å². The Kier molecular flexibility index (Phi) is 4.44. The molecule has 1 heterocycles. The van der Waals surface area contributed by atoms with E-state index < -0.39 is 17.5 Å². The van der Waals surface area contributed by atoms with E-state index in [1.807, 2.05) is 11.8 Å². The Bertz CT molecular complexity index is 431. The minimum absolute atomic E-state index is 0.0936. The lowest BCUT2D eigenvalue weighted by Gasteiger charge is -2.34. The molecule has 6 heteroatoms. The minimum Gasteiger partial charge on any atom is -0.374 e. The molecule has 106 valence electrons. The molecule has 2 unspecified atom stereocenters. The molecule has 3 nitrogen and oxygen atoms in total. The van der Waals surface area contributed by atoms with Crippen molar-refractivity contribution in [3.8, 4) is 0 Å². The maximum absolute atomic E-state index is 13.1. The maximum atomic E-state index is 13.1. The van der Waals surface area contributed by atoms with E-state index in [1.54, 1.807) is 0 Å². The number of rotatable bonds is 3. The van der Waals surface area contributed by atoms with Crippen LogP contribution in [0.15, 0.2) is 12.1 Å². The van der Waals surface area contributed by atoms with Crippen molar-refractivity contribution in [2.24, 2.45) is 5.73 Å². The van der Waals surface area contributed by atoms with E-state index in [4.69, 9.17) is 10.5 Å². The maximum Gasteiger partial charge on any atom is 0.194 e. The van der Waals surface area contributed by atoms with Gasteiger partial charge in [0.15, 0.2) is 17.5 Å². The molecular formula is C13H17F3N2O. The van der Waals surface area contributed by atoms with Gasteiger partial charge < -0.3 is 10.5 Å². The summed E-state index contributed by atoms with van der Waals surface area (Å²) in [5.41, 5.74) is 6.17. The zero-order chi connectivity index (χ0) is 14.0. The molecule has 2 rings (SSSR count). The molecule has 1 aromatic carbocycles. The summed E-state index contributed by atoms with van der Waals surface area (Å²) in [4.78, 5) is 1.99. The van der Waals surface area contributed by atoms with E-state index in [9.17, 15) is 13.2 Å². The molecule has 0 bridgehead atoms. The van der Waals surface area contributed by atoms with Crippen LogP contribution in [-0.2, 0) is 11.3 Å². The predicted octanol–water partition coefficient (Wildman–Crippen LogP) is 1.65. The number of nitrogens with two attached hydrogens (primary N) is 1. The van der Waals surface area contributed by atoms with Crippen LogP contribution in [0.3, 0.4) is 0 Å². The Morgan fingerprint density at radius 1 is 1.37 bits per heavy atom. The van der Waals surface area contributed by atoms with Crippen LogP contribution in [0.25, 0.3) is 0 Å². The Labute approximate surface area is 110 Å². The number of hydrogen-bond acceptors (Lipinski definition) is 3. The molecule has 0 aliphatic carbocycles. The molecule has 0 aromatic heterocycles. The summed E-state index contributed by atoms with van der Waals surface area (Å²) in [6, 6.07) is 1.94. The van der Waals surface area contributed by atoms with Gasteiger partial charge >= 0.3 is 0 Å². The molecule has 1 aliphatic heterocycles. The quantitative estimate of drug-likeness (QED) is 0.852. The van der Waals surface area contributed by atoms with Crippen LogP contribution in [0, 0.1) is 17.5 Å². The summed E-state index contributed by atoms with van der Waals surface area (Å²) in [7, 11) is 0. The van der Waals surface area contributed by atoms with Crippen molar-refractivity contribution in [3.63, 3.8) is 0 Å². The van der Waals surface area contributed by atoms with Crippen molar-refractivity contribution in [1.82, 2.24) is 4.90 Å². The second-order valence-corrected chi connectivity index (χ2v) is 4.88. The lowest BCUT2D eigenvalue weighted by Crippen LogP contribution is -2.49. The molecule has 0 saturated carbocycles. The first-order chi connectivity index (χ1) is 8.97. The van der Waals surface area contributed by atoms with Crippen LogP contribution >= 0.6 is 0 Å². The van der Waals surface area contributed by atoms with Crippen molar-refractivity contribution >= 4 is 0 Å². The molecule has 0 amide bonds. The van der Waals surface area contributed by atoms with Crippen molar-refractivity contribution in [1.29, 1.82) is 0 Å². The number of morpholine rings is 1. The highest BCUT2D eigenvalue weighted by atomic mass is 19.2. The van der Waals surface area contributed by atoms with E-state index in [2.05, 4.69) is 0 Å². The Morgan fingerprint density at radius 3 is 2.58 bits per heavy atom. The third kappa shape index (κ3) is 3.46. The summed E-state index contributed by atoms with van der Waals surface area (Å²) in [5.74, 6) is -3.75. The van der Waals surface area contributed by atoms with Crippen molar-refractivity contribution < 1.29 is 17.9 Å². The summed E-state index contributed by atoms with van der Waals surface area (Å²) in [6.45, 7) is 3.98. The monoisotopic (exact) mass is 274 g/mol. The van der Waals surface area contributed by atoms with E-state index in [0.29, 0.717) is 31.8 Å². The highest BCUT2D eigenvalue weighted by Gasteiger charge is 2.23. The van der Waals surface area contributed by atoms with Gasteiger partial charge in [0.05, 0.1) is 12.7 Å². The Balaban J connectivity index is 2.05. The summed E-state index contributed by atoms with van der Waals surface area (Å²) >= 11 is 0. The van der Waals surface area contributed by atoms with Gasteiger partial charge in [-0.15, -0.1) is 0 Å². The number of benzene rings is 1. The molecular weight excluding hydrogens is 257 g/mol. The van der Waals surface area contributed by atoms with Gasteiger partial charge in [0.1, 0.15) is 0 Å². The van der Waals surface area contributed by atoms with Crippen LogP contribution in [0.4, 0.5) is 13.2 Å². The van der Waals surface area contributed by atoms with E-state index >= 15 is 0 Å². The molecule has 1 aromatic rings. The van der Waals surface area contributed by atoms with Gasteiger partial charge in [0, 0.05) is 25.7 Å².